The summed E-state index contributed by atoms with van der Waals surface area (Å²) >= 11 is 0. The minimum absolute atomic E-state index is 0.156. The van der Waals surface area contributed by atoms with Crippen LogP contribution >= 0.6 is 0 Å². The van der Waals surface area contributed by atoms with Gasteiger partial charge in [0.1, 0.15) is 17.1 Å². The molecule has 1 aromatic heterocycles. The quantitative estimate of drug-likeness (QED) is 0.502. The third-order valence-corrected chi connectivity index (χ3v) is 5.42. The van der Waals surface area contributed by atoms with E-state index in [4.69, 9.17) is 9.25 Å². The monoisotopic (exact) mass is 411 g/mol. The van der Waals surface area contributed by atoms with E-state index in [9.17, 15) is 4.79 Å². The van der Waals surface area contributed by atoms with Gasteiger partial charge in [-0.2, -0.15) is 4.98 Å². The summed E-state index contributed by atoms with van der Waals surface area (Å²) in [6.07, 6.45) is -0.540. The van der Waals surface area contributed by atoms with Gasteiger partial charge < -0.3 is 9.25 Å². The second kappa shape index (κ2) is 7.72. The summed E-state index contributed by atoms with van der Waals surface area (Å²) in [5.74, 6) is -0.936. The van der Waals surface area contributed by atoms with Gasteiger partial charge in [-0.1, -0.05) is 76.9 Å². The van der Waals surface area contributed by atoms with Crippen molar-refractivity contribution < 1.29 is 14.0 Å². The van der Waals surface area contributed by atoms with Crippen LogP contribution in [0.5, 0.6) is 0 Å². The molecule has 6 heteroatoms. The predicted octanol–water partition coefficient (Wildman–Crippen LogP) is 5.18. The third kappa shape index (κ3) is 3.68. The maximum absolute atomic E-state index is 13.4. The van der Waals surface area contributed by atoms with E-state index < -0.39 is 12.0 Å². The van der Waals surface area contributed by atoms with Crippen molar-refractivity contribution in [1.82, 2.24) is 4.98 Å². The van der Waals surface area contributed by atoms with E-state index in [1.165, 1.54) is 0 Å². The van der Waals surface area contributed by atoms with Crippen molar-refractivity contribution in [3.05, 3.63) is 95.1 Å². The highest BCUT2D eigenvalue weighted by atomic mass is 16.6. The van der Waals surface area contributed by atoms with Crippen molar-refractivity contribution in [2.75, 3.05) is 5.32 Å². The van der Waals surface area contributed by atoms with E-state index in [1.807, 2.05) is 86.6 Å². The Labute approximate surface area is 179 Å². The van der Waals surface area contributed by atoms with Crippen molar-refractivity contribution in [3.63, 3.8) is 0 Å². The molecule has 2 atom stereocenters. The van der Waals surface area contributed by atoms with E-state index >= 15 is 0 Å². The molecule has 3 aromatic carbocycles. The first-order valence-electron chi connectivity index (χ1n) is 10.1. The number of nitrogens with zero attached hydrogens (tertiary/aromatic N) is 2. The molecule has 0 saturated heterocycles. The van der Waals surface area contributed by atoms with E-state index in [1.54, 1.807) is 0 Å². The number of carbonyl (C=O) groups excluding carboxylic acids is 1. The second-order valence-corrected chi connectivity index (χ2v) is 7.73. The van der Waals surface area contributed by atoms with E-state index in [-0.39, 0.29) is 11.9 Å². The fraction of sp³-hybridized carbons (Fsp3) is 0.160. The van der Waals surface area contributed by atoms with Gasteiger partial charge in [-0.3, -0.25) is 10.1 Å². The van der Waals surface area contributed by atoms with Crippen LogP contribution in [0.3, 0.4) is 0 Å². The first kappa shape index (κ1) is 19.1. The summed E-state index contributed by atoms with van der Waals surface area (Å²) in [4.78, 5) is 23.6. The number of para-hydroxylation sites is 2. The van der Waals surface area contributed by atoms with Crippen LogP contribution in [0.25, 0.3) is 11.1 Å². The Hall–Kier alpha value is -3.93. The van der Waals surface area contributed by atoms with Crippen LogP contribution in [0, 0.1) is 19.8 Å². The molecule has 154 valence electrons. The number of carbonyl (C=O) groups is 1. The molecule has 6 nitrogen and oxygen atoms in total. The lowest BCUT2D eigenvalue weighted by Crippen LogP contribution is -2.32. The molecule has 2 heterocycles. The second-order valence-electron chi connectivity index (χ2n) is 7.73. The van der Waals surface area contributed by atoms with Gasteiger partial charge in [0, 0.05) is 5.56 Å². The van der Waals surface area contributed by atoms with Gasteiger partial charge in [0.25, 0.3) is 0 Å². The Morgan fingerprint density at radius 3 is 2.29 bits per heavy atom. The molecule has 0 spiro atoms. The van der Waals surface area contributed by atoms with Gasteiger partial charge in [-0.25, -0.2) is 0 Å². The highest BCUT2D eigenvalue weighted by molar-refractivity contribution is 6.16. The molecule has 0 fully saturated rings. The zero-order valence-electron chi connectivity index (χ0n) is 17.2. The number of oxazole rings is 1. The van der Waals surface area contributed by atoms with Crippen LogP contribution in [0.4, 0.5) is 6.01 Å². The average Bonchev–Trinajstić information content (AvgIpc) is 3.39. The van der Waals surface area contributed by atoms with Gasteiger partial charge in [0.2, 0.25) is 5.91 Å². The number of hydrogen-bond donors (Lipinski definition) is 1. The minimum atomic E-state index is -0.652. The van der Waals surface area contributed by atoms with Crippen LogP contribution in [-0.2, 0) is 9.63 Å². The maximum atomic E-state index is 13.4. The summed E-state index contributed by atoms with van der Waals surface area (Å²) in [6.45, 7) is 4.04. The Balaban J connectivity index is 1.49. The molecule has 0 aliphatic carbocycles. The lowest BCUT2D eigenvalue weighted by Gasteiger charge is -2.18. The molecule has 4 aromatic rings. The van der Waals surface area contributed by atoms with Crippen molar-refractivity contribution in [1.29, 1.82) is 0 Å². The lowest BCUT2D eigenvalue weighted by atomic mass is 9.87. The van der Waals surface area contributed by atoms with Crippen LogP contribution < -0.4 is 5.32 Å². The number of anilines is 1. The van der Waals surface area contributed by atoms with E-state index in [2.05, 4.69) is 15.5 Å². The van der Waals surface area contributed by atoms with E-state index in [0.717, 1.165) is 22.3 Å². The van der Waals surface area contributed by atoms with Gasteiger partial charge in [0.15, 0.2) is 11.7 Å². The molecule has 5 rings (SSSR count). The molecule has 0 saturated carbocycles. The Morgan fingerprint density at radius 1 is 0.903 bits per heavy atom. The largest absolute Gasteiger partial charge is 0.423 e. The number of aryl methyl sites for hydroxylation is 2. The summed E-state index contributed by atoms with van der Waals surface area (Å²) < 4.78 is 5.69. The number of hydrogen-bond acceptors (Lipinski definition) is 5. The molecular formula is C25H21N3O3. The van der Waals surface area contributed by atoms with Gasteiger partial charge >= 0.3 is 6.01 Å². The summed E-state index contributed by atoms with van der Waals surface area (Å²) in [5, 5.41) is 7.13. The molecule has 1 aliphatic rings. The Kier molecular flexibility index (Phi) is 4.75. The summed E-state index contributed by atoms with van der Waals surface area (Å²) in [6, 6.07) is 23.4. The first-order valence-corrected chi connectivity index (χ1v) is 10.1. The maximum Gasteiger partial charge on any atom is 0.302 e. The van der Waals surface area contributed by atoms with Crippen molar-refractivity contribution in [2.24, 2.45) is 11.1 Å². The summed E-state index contributed by atoms with van der Waals surface area (Å²) in [5.41, 5.74) is 5.87. The average molecular weight is 411 g/mol. The first-order chi connectivity index (χ1) is 15.1. The number of nitrogens with one attached hydrogen (secondary N) is 1. The standard InChI is InChI=1S/C25H21N3O3/c1-15-7-11-17(12-8-15)22-21(23(31-28-22)18-13-9-16(2)10-14-18)24(29)27-25-26-19-5-3-4-6-20(19)30-25/h3-14,21,23H,1-2H3,(H,26,27,29). The third-order valence-electron chi connectivity index (χ3n) is 5.42. The highest BCUT2D eigenvalue weighted by Crippen LogP contribution is 2.36. The molecule has 0 bridgehead atoms. The predicted molar refractivity (Wildman–Crippen MR) is 119 cm³/mol. The smallest absolute Gasteiger partial charge is 0.302 e. The van der Waals surface area contributed by atoms with Crippen molar-refractivity contribution >= 4 is 28.7 Å². The molecule has 0 radical (unpaired) electrons. The number of rotatable bonds is 4. The van der Waals surface area contributed by atoms with Crippen molar-refractivity contribution in [2.45, 2.75) is 20.0 Å². The van der Waals surface area contributed by atoms with Gasteiger partial charge in [-0.15, -0.1) is 0 Å². The number of fused-ring (bicyclic) bond motifs is 1. The number of benzene rings is 3. The SMILES string of the molecule is Cc1ccc(C2=NOC(c3ccc(C)cc3)C2C(=O)Nc2nc3ccccc3o2)cc1. The lowest BCUT2D eigenvalue weighted by molar-refractivity contribution is -0.120. The minimum Gasteiger partial charge on any atom is -0.423 e. The fourth-order valence-electron chi connectivity index (χ4n) is 3.71. The molecule has 2 unspecified atom stereocenters. The normalized spacial score (nSPS) is 17.9. The van der Waals surface area contributed by atoms with E-state index in [0.29, 0.717) is 16.8 Å². The van der Waals surface area contributed by atoms with Crippen LogP contribution in [0.15, 0.2) is 82.4 Å². The van der Waals surface area contributed by atoms with Crippen LogP contribution in [-0.4, -0.2) is 16.6 Å². The summed E-state index contributed by atoms with van der Waals surface area (Å²) in [7, 11) is 0. The Morgan fingerprint density at radius 2 is 1.58 bits per heavy atom. The Bertz CT molecular complexity index is 1240. The van der Waals surface area contributed by atoms with Crippen LogP contribution in [0.1, 0.15) is 28.4 Å². The molecule has 1 aliphatic heterocycles. The van der Waals surface area contributed by atoms with Crippen molar-refractivity contribution in [3.8, 4) is 0 Å². The zero-order valence-corrected chi connectivity index (χ0v) is 17.2. The zero-order chi connectivity index (χ0) is 21.4. The highest BCUT2D eigenvalue weighted by Gasteiger charge is 2.42. The molecule has 1 amide bonds. The number of oxime groups is 1. The number of aromatic nitrogens is 1. The van der Waals surface area contributed by atoms with Gasteiger partial charge in [-0.05, 0) is 31.5 Å². The fourth-order valence-corrected chi connectivity index (χ4v) is 3.71. The van der Waals surface area contributed by atoms with Gasteiger partial charge in [0.05, 0.1) is 0 Å². The molecular weight excluding hydrogens is 390 g/mol. The molecule has 1 N–H and O–H groups in total. The van der Waals surface area contributed by atoms with Crippen LogP contribution in [0.2, 0.25) is 0 Å². The number of amides is 1. The topological polar surface area (TPSA) is 76.7 Å². The molecule has 31 heavy (non-hydrogen) atoms.